The van der Waals surface area contributed by atoms with Crippen molar-refractivity contribution < 1.29 is 4.79 Å². The van der Waals surface area contributed by atoms with Gasteiger partial charge in [0.15, 0.2) is 0 Å². The smallest absolute Gasteiger partial charge is 0.255 e. The Morgan fingerprint density at radius 3 is 2.81 bits per heavy atom. The Balaban J connectivity index is 2.77. The van der Waals surface area contributed by atoms with E-state index in [1.807, 2.05) is 13.8 Å². The molecular formula is C12H19N3O. The van der Waals surface area contributed by atoms with Crippen molar-refractivity contribution in [2.45, 2.75) is 39.2 Å². The molecular weight excluding hydrogens is 202 g/mol. The van der Waals surface area contributed by atoms with Crippen molar-refractivity contribution in [3.05, 3.63) is 24.0 Å². The Kier molecular flexibility index (Phi) is 3.88. The fraction of sp³-hybridized carbons (Fsp3) is 0.500. The first-order chi connectivity index (χ1) is 7.46. The van der Waals surface area contributed by atoms with Crippen LogP contribution < -0.4 is 11.1 Å². The highest BCUT2D eigenvalue weighted by Gasteiger charge is 2.21. The second-order valence-corrected chi connectivity index (χ2v) is 4.55. The quantitative estimate of drug-likeness (QED) is 0.816. The number of pyridine rings is 1. The molecule has 88 valence electrons. The van der Waals surface area contributed by atoms with Gasteiger partial charge in [0.2, 0.25) is 0 Å². The first kappa shape index (κ1) is 12.5. The molecule has 3 N–H and O–H groups in total. The van der Waals surface area contributed by atoms with E-state index in [0.29, 0.717) is 11.3 Å². The van der Waals surface area contributed by atoms with E-state index in [1.165, 1.54) is 6.20 Å². The molecule has 1 rings (SSSR count). The molecule has 16 heavy (non-hydrogen) atoms. The van der Waals surface area contributed by atoms with Crippen LogP contribution in [0.2, 0.25) is 0 Å². The average Bonchev–Trinajstić information content (AvgIpc) is 2.17. The lowest BCUT2D eigenvalue weighted by Gasteiger charge is -2.25. The zero-order chi connectivity index (χ0) is 12.2. The van der Waals surface area contributed by atoms with E-state index < -0.39 is 0 Å². The van der Waals surface area contributed by atoms with Gasteiger partial charge in [0.1, 0.15) is 0 Å². The normalized spacial score (nSPS) is 11.2. The van der Waals surface area contributed by atoms with Crippen molar-refractivity contribution in [1.29, 1.82) is 0 Å². The Hall–Kier alpha value is -1.58. The number of rotatable bonds is 4. The molecule has 0 saturated heterocycles. The SMILES string of the molecule is CCCC(C)(C)NC(=O)c1cnccc1N. The van der Waals surface area contributed by atoms with Gasteiger partial charge < -0.3 is 11.1 Å². The molecule has 1 aromatic heterocycles. The first-order valence-corrected chi connectivity index (χ1v) is 5.48. The second kappa shape index (κ2) is 4.96. The van der Waals surface area contributed by atoms with Gasteiger partial charge in [-0.25, -0.2) is 0 Å². The maximum Gasteiger partial charge on any atom is 0.255 e. The standard InChI is InChI=1S/C12H19N3O/c1-4-6-12(2,3)15-11(16)9-8-14-7-5-10(9)13/h5,7-8H,4,6H2,1-3H3,(H2,13,14)(H,15,16). The second-order valence-electron chi connectivity index (χ2n) is 4.55. The molecule has 4 nitrogen and oxygen atoms in total. The van der Waals surface area contributed by atoms with Crippen LogP contribution in [0, 0.1) is 0 Å². The summed E-state index contributed by atoms with van der Waals surface area (Å²) in [4.78, 5) is 15.8. The Labute approximate surface area is 96.3 Å². The van der Waals surface area contributed by atoms with Crippen molar-refractivity contribution in [1.82, 2.24) is 10.3 Å². The lowest BCUT2D eigenvalue weighted by atomic mass is 9.98. The molecule has 0 spiro atoms. The van der Waals surface area contributed by atoms with Crippen LogP contribution in [0.5, 0.6) is 0 Å². The molecule has 0 unspecified atom stereocenters. The summed E-state index contributed by atoms with van der Waals surface area (Å²) in [6, 6.07) is 1.63. The summed E-state index contributed by atoms with van der Waals surface area (Å²) >= 11 is 0. The van der Waals surface area contributed by atoms with Crippen LogP contribution in [0.15, 0.2) is 18.5 Å². The fourth-order valence-corrected chi connectivity index (χ4v) is 1.66. The van der Waals surface area contributed by atoms with Crippen LogP contribution >= 0.6 is 0 Å². The highest BCUT2D eigenvalue weighted by molar-refractivity contribution is 5.99. The molecule has 0 aliphatic heterocycles. The predicted molar refractivity (Wildman–Crippen MR) is 65.1 cm³/mol. The summed E-state index contributed by atoms with van der Waals surface area (Å²) in [5.41, 5.74) is 6.39. The number of nitrogens with one attached hydrogen (secondary N) is 1. The number of carbonyl (C=O) groups is 1. The van der Waals surface area contributed by atoms with Crippen molar-refractivity contribution in [3.8, 4) is 0 Å². The van der Waals surface area contributed by atoms with Crippen molar-refractivity contribution in [2.24, 2.45) is 0 Å². The number of nitrogen functional groups attached to an aromatic ring is 1. The van der Waals surface area contributed by atoms with Crippen LogP contribution in [0.4, 0.5) is 5.69 Å². The lowest BCUT2D eigenvalue weighted by molar-refractivity contribution is 0.0909. The summed E-state index contributed by atoms with van der Waals surface area (Å²) in [6.45, 7) is 6.09. The van der Waals surface area contributed by atoms with Crippen molar-refractivity contribution in [2.75, 3.05) is 5.73 Å². The number of anilines is 1. The van der Waals surface area contributed by atoms with Crippen LogP contribution in [-0.2, 0) is 0 Å². The third kappa shape index (κ3) is 3.22. The molecule has 0 atom stereocenters. The third-order valence-corrected chi connectivity index (χ3v) is 2.43. The van der Waals surface area contributed by atoms with Gasteiger partial charge in [-0.05, 0) is 26.3 Å². The number of nitrogens with zero attached hydrogens (tertiary/aromatic N) is 1. The van der Waals surface area contributed by atoms with E-state index in [2.05, 4.69) is 17.2 Å². The zero-order valence-electron chi connectivity index (χ0n) is 10.1. The van der Waals surface area contributed by atoms with Crippen LogP contribution in [0.1, 0.15) is 44.0 Å². The first-order valence-electron chi connectivity index (χ1n) is 5.48. The van der Waals surface area contributed by atoms with E-state index >= 15 is 0 Å². The number of aromatic nitrogens is 1. The van der Waals surface area contributed by atoms with E-state index in [4.69, 9.17) is 5.73 Å². The van der Waals surface area contributed by atoms with Crippen molar-refractivity contribution >= 4 is 11.6 Å². The Morgan fingerprint density at radius 1 is 1.56 bits per heavy atom. The molecule has 1 amide bonds. The molecule has 0 radical (unpaired) electrons. The van der Waals surface area contributed by atoms with Gasteiger partial charge in [0.05, 0.1) is 5.56 Å². The van der Waals surface area contributed by atoms with E-state index in [1.54, 1.807) is 12.3 Å². The summed E-state index contributed by atoms with van der Waals surface area (Å²) < 4.78 is 0. The number of hydrogen-bond donors (Lipinski definition) is 2. The number of amides is 1. The van der Waals surface area contributed by atoms with Gasteiger partial charge in [-0.1, -0.05) is 13.3 Å². The fourth-order valence-electron chi connectivity index (χ4n) is 1.66. The summed E-state index contributed by atoms with van der Waals surface area (Å²) in [5, 5.41) is 2.96. The van der Waals surface area contributed by atoms with E-state index in [0.717, 1.165) is 12.8 Å². The summed E-state index contributed by atoms with van der Waals surface area (Å²) in [5.74, 6) is -0.163. The van der Waals surface area contributed by atoms with Gasteiger partial charge in [0, 0.05) is 23.6 Å². The maximum absolute atomic E-state index is 11.9. The Bertz CT molecular complexity index is 374. The molecule has 0 saturated carbocycles. The molecule has 0 aromatic carbocycles. The molecule has 0 fully saturated rings. The third-order valence-electron chi connectivity index (χ3n) is 2.43. The van der Waals surface area contributed by atoms with Crippen LogP contribution in [-0.4, -0.2) is 16.4 Å². The van der Waals surface area contributed by atoms with Crippen molar-refractivity contribution in [3.63, 3.8) is 0 Å². The highest BCUT2D eigenvalue weighted by atomic mass is 16.1. The Morgan fingerprint density at radius 2 is 2.25 bits per heavy atom. The lowest BCUT2D eigenvalue weighted by Crippen LogP contribution is -2.43. The van der Waals surface area contributed by atoms with Crippen LogP contribution in [0.3, 0.4) is 0 Å². The number of carbonyl (C=O) groups excluding carboxylic acids is 1. The maximum atomic E-state index is 11.9. The van der Waals surface area contributed by atoms with E-state index in [-0.39, 0.29) is 11.4 Å². The topological polar surface area (TPSA) is 68.0 Å². The summed E-state index contributed by atoms with van der Waals surface area (Å²) in [6.07, 6.45) is 5.02. The van der Waals surface area contributed by atoms with E-state index in [9.17, 15) is 4.79 Å². The van der Waals surface area contributed by atoms with Gasteiger partial charge in [-0.2, -0.15) is 0 Å². The molecule has 0 aliphatic carbocycles. The van der Waals surface area contributed by atoms with Gasteiger partial charge in [0.25, 0.3) is 5.91 Å². The van der Waals surface area contributed by atoms with Gasteiger partial charge >= 0.3 is 0 Å². The molecule has 4 heteroatoms. The van der Waals surface area contributed by atoms with Gasteiger partial charge in [-0.15, -0.1) is 0 Å². The molecule has 0 aliphatic rings. The monoisotopic (exact) mass is 221 g/mol. The molecule has 1 aromatic rings. The average molecular weight is 221 g/mol. The highest BCUT2D eigenvalue weighted by Crippen LogP contribution is 2.14. The minimum Gasteiger partial charge on any atom is -0.398 e. The summed E-state index contributed by atoms with van der Waals surface area (Å²) in [7, 11) is 0. The minimum atomic E-state index is -0.214. The number of nitrogens with two attached hydrogens (primary N) is 1. The minimum absolute atomic E-state index is 0.163. The van der Waals surface area contributed by atoms with Crippen LogP contribution in [0.25, 0.3) is 0 Å². The van der Waals surface area contributed by atoms with Gasteiger partial charge in [-0.3, -0.25) is 9.78 Å². The zero-order valence-corrected chi connectivity index (χ0v) is 10.1. The predicted octanol–water partition coefficient (Wildman–Crippen LogP) is 1.97. The molecule has 1 heterocycles. The number of hydrogen-bond acceptors (Lipinski definition) is 3. The molecule has 0 bridgehead atoms. The largest absolute Gasteiger partial charge is 0.398 e.